The van der Waals surface area contributed by atoms with Crippen LogP contribution in [0.3, 0.4) is 0 Å². The van der Waals surface area contributed by atoms with E-state index in [1.165, 1.54) is 135 Å². The van der Waals surface area contributed by atoms with E-state index in [0.29, 0.717) is 25.7 Å². The number of allylic oxidation sites excluding steroid dienone is 4. The molecule has 0 radical (unpaired) electrons. The Kier molecular flexibility index (Phi) is 61.6. The highest BCUT2D eigenvalue weighted by Gasteiger charge is 2.30. The zero-order chi connectivity index (χ0) is 68.0. The van der Waals surface area contributed by atoms with E-state index < -0.39 is 97.5 Å². The van der Waals surface area contributed by atoms with E-state index >= 15 is 0 Å². The molecule has 0 aromatic carbocycles. The Morgan fingerprint density at radius 1 is 0.359 bits per heavy atom. The lowest BCUT2D eigenvalue weighted by atomic mass is 9.99. The van der Waals surface area contributed by atoms with E-state index in [0.717, 1.165) is 127 Å². The Hall–Kier alpha value is -2.46. The van der Waals surface area contributed by atoms with Crippen LogP contribution in [0.2, 0.25) is 0 Å². The summed E-state index contributed by atoms with van der Waals surface area (Å²) in [6.07, 6.45) is 50.7. The summed E-state index contributed by atoms with van der Waals surface area (Å²) in [6.45, 7) is 11.8. The van der Waals surface area contributed by atoms with E-state index in [1.807, 2.05) is 0 Å². The van der Waals surface area contributed by atoms with Gasteiger partial charge < -0.3 is 33.8 Å². The molecule has 0 heterocycles. The predicted octanol–water partition coefficient (Wildman–Crippen LogP) is 20.6. The molecular weight excluding hydrogens is 1210 g/mol. The summed E-state index contributed by atoms with van der Waals surface area (Å²) in [5, 5.41) is 10.6. The number of hydrogen-bond acceptors (Lipinski definition) is 15. The van der Waals surface area contributed by atoms with Crippen molar-refractivity contribution >= 4 is 39.5 Å². The fraction of sp³-hybridized carbons (Fsp3) is 0.890. The first kappa shape index (κ1) is 89.5. The van der Waals surface area contributed by atoms with Gasteiger partial charge in [0, 0.05) is 25.7 Å². The number of esters is 4. The number of unbranched alkanes of at least 4 members (excludes halogenated alkanes) is 32. The second kappa shape index (κ2) is 63.3. The third kappa shape index (κ3) is 63.6. The van der Waals surface area contributed by atoms with Crippen LogP contribution < -0.4 is 0 Å². The fourth-order valence-corrected chi connectivity index (χ4v) is 12.0. The van der Waals surface area contributed by atoms with Gasteiger partial charge in [0.25, 0.3) is 0 Å². The SMILES string of the molecule is CCCCCC/C=C\C=C/CCCCCCCC(=O)O[C@H](COC(=O)CCCCCCCCCCCCCCC(C)C)COP(=O)(O)OC[C@@H](O)COP(=O)(O)OC[C@@H](COC(=O)CCCCCCCCC(C)CC)OC(=O)CCCCCCCCCCC(C)CC. The molecule has 0 saturated heterocycles. The molecule has 92 heavy (non-hydrogen) atoms. The van der Waals surface area contributed by atoms with Crippen LogP contribution >= 0.6 is 15.6 Å². The maximum atomic E-state index is 13.0. The van der Waals surface area contributed by atoms with Gasteiger partial charge in [0.1, 0.15) is 19.3 Å². The standard InChI is InChI=1S/C73H138O17P2/c1-8-11-12-13-14-15-16-17-18-19-24-27-33-42-49-56-72(77)89-68(60-83-70(75)54-47-40-32-26-23-21-20-22-25-30-37-44-51-64(4)5)62-87-91(79,80)85-58-67(74)59-86-92(81,82)88-63-69(61-84-71(76)55-48-41-36-35-39-46-53-66(7)10-3)90-73(78)57-50-43-34-29-28-31-38-45-52-65(6)9-2/h15-18,64-69,74H,8-14,19-63H2,1-7H3,(H,79,80)(H,81,82)/b16-15-,18-17-/t65?,66?,67-,68-,69-/m1/s1. The van der Waals surface area contributed by atoms with Crippen molar-refractivity contribution in [2.24, 2.45) is 17.8 Å². The van der Waals surface area contributed by atoms with E-state index in [1.54, 1.807) is 0 Å². The first-order valence-electron chi connectivity index (χ1n) is 37.2. The van der Waals surface area contributed by atoms with Crippen LogP contribution in [0.15, 0.2) is 24.3 Å². The topological polar surface area (TPSA) is 237 Å². The molecule has 0 saturated carbocycles. The maximum absolute atomic E-state index is 13.0. The molecule has 0 fully saturated rings. The maximum Gasteiger partial charge on any atom is 0.472 e. The van der Waals surface area contributed by atoms with Crippen LogP contribution in [-0.4, -0.2) is 96.7 Å². The molecule has 19 heteroatoms. The largest absolute Gasteiger partial charge is 0.472 e. The monoisotopic (exact) mass is 1350 g/mol. The lowest BCUT2D eigenvalue weighted by Gasteiger charge is -2.21. The molecule has 0 aliphatic heterocycles. The van der Waals surface area contributed by atoms with Crippen molar-refractivity contribution in [1.29, 1.82) is 0 Å². The number of carbonyl (C=O) groups excluding carboxylic acids is 4. The summed E-state index contributed by atoms with van der Waals surface area (Å²) in [5.74, 6) is 0.121. The van der Waals surface area contributed by atoms with Crippen molar-refractivity contribution in [2.75, 3.05) is 39.6 Å². The Balaban J connectivity index is 5.30. The summed E-state index contributed by atoms with van der Waals surface area (Å²) < 4.78 is 68.3. The van der Waals surface area contributed by atoms with Crippen molar-refractivity contribution < 1.29 is 80.2 Å². The van der Waals surface area contributed by atoms with Crippen LogP contribution in [-0.2, 0) is 65.4 Å². The Labute approximate surface area is 561 Å². The minimum Gasteiger partial charge on any atom is -0.462 e. The number of hydrogen-bond donors (Lipinski definition) is 3. The summed E-state index contributed by atoms with van der Waals surface area (Å²) in [5.41, 5.74) is 0. The van der Waals surface area contributed by atoms with Gasteiger partial charge in [0.2, 0.25) is 0 Å². The van der Waals surface area contributed by atoms with Crippen molar-refractivity contribution in [1.82, 2.24) is 0 Å². The smallest absolute Gasteiger partial charge is 0.462 e. The summed E-state index contributed by atoms with van der Waals surface area (Å²) in [4.78, 5) is 72.7. The van der Waals surface area contributed by atoms with Gasteiger partial charge in [-0.2, -0.15) is 0 Å². The van der Waals surface area contributed by atoms with Gasteiger partial charge in [-0.05, 0) is 69.1 Å². The van der Waals surface area contributed by atoms with Crippen LogP contribution in [0.1, 0.15) is 344 Å². The molecule has 0 aromatic heterocycles. The molecule has 0 spiro atoms. The van der Waals surface area contributed by atoms with Gasteiger partial charge in [-0.15, -0.1) is 0 Å². The highest BCUT2D eigenvalue weighted by Crippen LogP contribution is 2.45. The van der Waals surface area contributed by atoms with E-state index in [9.17, 15) is 43.2 Å². The van der Waals surface area contributed by atoms with Crippen LogP contribution in [0.5, 0.6) is 0 Å². The minimum absolute atomic E-state index is 0.0845. The van der Waals surface area contributed by atoms with Gasteiger partial charge >= 0.3 is 39.5 Å². The van der Waals surface area contributed by atoms with Gasteiger partial charge in [-0.25, -0.2) is 9.13 Å². The fourth-order valence-electron chi connectivity index (χ4n) is 10.5. The zero-order valence-electron chi connectivity index (χ0n) is 59.5. The van der Waals surface area contributed by atoms with Gasteiger partial charge in [0.05, 0.1) is 26.4 Å². The number of ether oxygens (including phenoxy) is 4. The second-order valence-electron chi connectivity index (χ2n) is 26.6. The number of phosphoric acid groups is 2. The second-order valence-corrected chi connectivity index (χ2v) is 29.5. The Bertz CT molecular complexity index is 1900. The molecular formula is C73H138O17P2. The minimum atomic E-state index is -4.96. The lowest BCUT2D eigenvalue weighted by molar-refractivity contribution is -0.161. The molecule has 17 nitrogen and oxygen atoms in total. The van der Waals surface area contributed by atoms with Crippen molar-refractivity contribution in [3.8, 4) is 0 Å². The first-order valence-corrected chi connectivity index (χ1v) is 40.2. The lowest BCUT2D eigenvalue weighted by Crippen LogP contribution is -2.30. The zero-order valence-corrected chi connectivity index (χ0v) is 61.3. The molecule has 0 bridgehead atoms. The highest BCUT2D eigenvalue weighted by atomic mass is 31.2. The van der Waals surface area contributed by atoms with Crippen molar-refractivity contribution in [2.45, 2.75) is 362 Å². The Morgan fingerprint density at radius 2 is 0.641 bits per heavy atom. The summed E-state index contributed by atoms with van der Waals surface area (Å²) >= 11 is 0. The van der Waals surface area contributed by atoms with Crippen LogP contribution in [0, 0.1) is 17.8 Å². The van der Waals surface area contributed by atoms with Crippen molar-refractivity contribution in [3.63, 3.8) is 0 Å². The summed E-state index contributed by atoms with van der Waals surface area (Å²) in [6, 6.07) is 0. The molecule has 0 amide bonds. The number of rotatable bonds is 69. The molecule has 4 unspecified atom stereocenters. The molecule has 0 aliphatic carbocycles. The molecule has 0 aliphatic rings. The quantitative estimate of drug-likeness (QED) is 0.0169. The van der Waals surface area contributed by atoms with Crippen LogP contribution in [0.25, 0.3) is 0 Å². The third-order valence-electron chi connectivity index (χ3n) is 17.0. The third-order valence-corrected chi connectivity index (χ3v) is 18.9. The molecule has 0 rings (SSSR count). The van der Waals surface area contributed by atoms with Crippen LogP contribution in [0.4, 0.5) is 0 Å². The average molecular weight is 1350 g/mol. The summed E-state index contributed by atoms with van der Waals surface area (Å²) in [7, 11) is -9.92. The predicted molar refractivity (Wildman–Crippen MR) is 372 cm³/mol. The first-order chi connectivity index (χ1) is 44.3. The van der Waals surface area contributed by atoms with Gasteiger partial charge in [-0.3, -0.25) is 37.3 Å². The molecule has 542 valence electrons. The highest BCUT2D eigenvalue weighted by molar-refractivity contribution is 7.47. The molecule has 3 N–H and O–H groups in total. The van der Waals surface area contributed by atoms with Gasteiger partial charge in [-0.1, -0.05) is 291 Å². The van der Waals surface area contributed by atoms with E-state index in [4.69, 9.17) is 37.0 Å². The van der Waals surface area contributed by atoms with E-state index in [-0.39, 0.29) is 25.7 Å². The number of phosphoric ester groups is 2. The molecule has 7 atom stereocenters. The number of aliphatic hydroxyl groups is 1. The number of aliphatic hydroxyl groups excluding tert-OH is 1. The normalized spacial score (nSPS) is 14.9. The van der Waals surface area contributed by atoms with E-state index in [2.05, 4.69) is 72.8 Å². The molecule has 0 aromatic rings. The van der Waals surface area contributed by atoms with Crippen molar-refractivity contribution in [3.05, 3.63) is 24.3 Å². The average Bonchev–Trinajstić information content (AvgIpc) is 1.69. The number of carbonyl (C=O) groups is 4. The van der Waals surface area contributed by atoms with Gasteiger partial charge in [0.15, 0.2) is 12.2 Å². The Morgan fingerprint density at radius 3 is 0.967 bits per heavy atom.